The van der Waals surface area contributed by atoms with Crippen molar-refractivity contribution in [3.05, 3.63) is 35.2 Å². The molecule has 0 aliphatic carbocycles. The zero-order valence-electron chi connectivity index (χ0n) is 24.3. The molecular formula is C30H30F6N8O. The van der Waals surface area contributed by atoms with Crippen LogP contribution in [-0.2, 0) is 6.18 Å². The molecular weight excluding hydrogens is 602 g/mol. The molecule has 4 aromatic rings. The Morgan fingerprint density at radius 2 is 1.87 bits per heavy atom. The molecule has 2 unspecified atom stereocenters. The quantitative estimate of drug-likeness (QED) is 0.295. The number of hydrogen-bond acceptors (Lipinski definition) is 8. The molecule has 45 heavy (non-hydrogen) atoms. The molecule has 0 amide bonds. The van der Waals surface area contributed by atoms with Crippen LogP contribution in [0.15, 0.2) is 12.3 Å². The van der Waals surface area contributed by atoms with E-state index in [1.54, 1.807) is 0 Å². The first kappa shape index (κ1) is 28.7. The molecule has 8 rings (SSSR count). The number of alkyl halides is 4. The van der Waals surface area contributed by atoms with Crippen LogP contribution in [0.4, 0.5) is 32.2 Å². The fraction of sp³-hybridized carbons (Fsp3) is 0.533. The minimum absolute atomic E-state index is 0.0236. The van der Waals surface area contributed by atoms with Crippen LogP contribution in [0.1, 0.15) is 43.4 Å². The molecule has 0 saturated carbocycles. The fourth-order valence-corrected chi connectivity index (χ4v) is 7.93. The van der Waals surface area contributed by atoms with Crippen LogP contribution in [0.5, 0.6) is 6.01 Å². The number of benzene rings is 1. The number of piperazine rings is 1. The Morgan fingerprint density at radius 1 is 1.09 bits per heavy atom. The normalized spacial score (nSPS) is 26.8. The minimum atomic E-state index is -4.97. The lowest BCUT2D eigenvalue weighted by atomic mass is 9.94. The summed E-state index contributed by atoms with van der Waals surface area (Å²) in [6, 6.07) is 1.11. The van der Waals surface area contributed by atoms with E-state index in [1.807, 2.05) is 4.90 Å². The van der Waals surface area contributed by atoms with Crippen LogP contribution in [0.25, 0.3) is 33.1 Å². The summed E-state index contributed by atoms with van der Waals surface area (Å²) in [5.41, 5.74) is -3.75. The number of fused-ring (bicyclic) bond motifs is 5. The lowest BCUT2D eigenvalue weighted by Gasteiger charge is -2.34. The van der Waals surface area contributed by atoms with Gasteiger partial charge in [0, 0.05) is 55.3 Å². The third kappa shape index (κ3) is 4.60. The van der Waals surface area contributed by atoms with Crippen molar-refractivity contribution >= 4 is 27.8 Å². The van der Waals surface area contributed by atoms with E-state index in [1.165, 1.54) is 6.92 Å². The molecule has 2 N–H and O–H groups in total. The van der Waals surface area contributed by atoms with Crippen LogP contribution in [0.3, 0.4) is 0 Å². The minimum Gasteiger partial charge on any atom is -0.461 e. The van der Waals surface area contributed by atoms with Crippen molar-refractivity contribution in [2.45, 2.75) is 69.0 Å². The van der Waals surface area contributed by atoms with Crippen LogP contribution in [-0.4, -0.2) is 86.6 Å². The van der Waals surface area contributed by atoms with Crippen molar-refractivity contribution in [3.8, 4) is 17.1 Å². The molecule has 9 nitrogen and oxygen atoms in total. The number of aryl methyl sites for hydroxylation is 1. The van der Waals surface area contributed by atoms with Crippen molar-refractivity contribution in [2.75, 3.05) is 37.7 Å². The average Bonchev–Trinajstić information content (AvgIpc) is 3.73. The molecule has 0 spiro atoms. The third-order valence-corrected chi connectivity index (χ3v) is 9.91. The number of nitrogens with zero attached hydrogens (tertiary/aromatic N) is 6. The molecule has 2 bridgehead atoms. The lowest BCUT2D eigenvalue weighted by molar-refractivity contribution is -0.137. The Bertz CT molecular complexity index is 1820. The maximum absolute atomic E-state index is 16.8. The summed E-state index contributed by atoms with van der Waals surface area (Å²) < 4.78 is 96.3. The van der Waals surface area contributed by atoms with E-state index >= 15 is 8.78 Å². The summed E-state index contributed by atoms with van der Waals surface area (Å²) in [7, 11) is 0. The Kier molecular flexibility index (Phi) is 6.48. The summed E-state index contributed by atoms with van der Waals surface area (Å²) in [5, 5.41) is 9.86. The van der Waals surface area contributed by atoms with Gasteiger partial charge in [0.15, 0.2) is 11.5 Å². The van der Waals surface area contributed by atoms with Crippen LogP contribution in [0, 0.1) is 18.6 Å². The number of aromatic amines is 1. The largest absolute Gasteiger partial charge is 0.461 e. The summed E-state index contributed by atoms with van der Waals surface area (Å²) in [4.78, 5) is 16.7. The van der Waals surface area contributed by atoms with E-state index in [4.69, 9.17) is 4.74 Å². The molecule has 4 fully saturated rings. The van der Waals surface area contributed by atoms with Gasteiger partial charge in [-0.05, 0) is 45.2 Å². The average molecular weight is 633 g/mol. The van der Waals surface area contributed by atoms with Crippen molar-refractivity contribution in [2.24, 2.45) is 0 Å². The number of H-pyrrole nitrogens is 1. The monoisotopic (exact) mass is 632 g/mol. The molecule has 7 heterocycles. The summed E-state index contributed by atoms with van der Waals surface area (Å²) in [5.74, 6) is -2.24. The highest BCUT2D eigenvalue weighted by atomic mass is 19.4. The van der Waals surface area contributed by atoms with Gasteiger partial charge in [-0.3, -0.25) is 10.00 Å². The molecule has 4 saturated heterocycles. The molecule has 4 aliphatic rings. The van der Waals surface area contributed by atoms with Crippen LogP contribution >= 0.6 is 0 Å². The van der Waals surface area contributed by atoms with Gasteiger partial charge in [0.1, 0.15) is 29.9 Å². The van der Waals surface area contributed by atoms with E-state index in [2.05, 4.69) is 35.4 Å². The van der Waals surface area contributed by atoms with Crippen molar-refractivity contribution in [3.63, 3.8) is 0 Å². The Morgan fingerprint density at radius 3 is 2.62 bits per heavy atom. The molecule has 4 aliphatic heterocycles. The number of halogens is 6. The van der Waals surface area contributed by atoms with Gasteiger partial charge >= 0.3 is 12.2 Å². The molecule has 15 heteroatoms. The maximum atomic E-state index is 16.8. The zero-order chi connectivity index (χ0) is 31.2. The van der Waals surface area contributed by atoms with Crippen LogP contribution in [0.2, 0.25) is 0 Å². The van der Waals surface area contributed by atoms with Gasteiger partial charge < -0.3 is 15.0 Å². The second-order valence-electron chi connectivity index (χ2n) is 12.8. The number of rotatable bonds is 5. The number of pyridine rings is 1. The topological polar surface area (TPSA) is 95.1 Å². The van der Waals surface area contributed by atoms with Crippen LogP contribution < -0.4 is 15.0 Å². The van der Waals surface area contributed by atoms with E-state index in [0.29, 0.717) is 32.3 Å². The third-order valence-electron chi connectivity index (χ3n) is 9.91. The van der Waals surface area contributed by atoms with E-state index < -0.39 is 46.2 Å². The number of ether oxygens (including phenoxy) is 1. The number of hydrogen-bond donors (Lipinski definition) is 2. The summed E-state index contributed by atoms with van der Waals surface area (Å²) in [6.07, 6.45) is -1.65. The molecule has 1 aromatic carbocycles. The molecule has 4 atom stereocenters. The van der Waals surface area contributed by atoms with Gasteiger partial charge in [0.25, 0.3) is 0 Å². The highest BCUT2D eigenvalue weighted by molar-refractivity contribution is 6.01. The number of anilines is 1. The van der Waals surface area contributed by atoms with Gasteiger partial charge in [-0.2, -0.15) is 28.2 Å². The second-order valence-corrected chi connectivity index (χ2v) is 12.8. The van der Waals surface area contributed by atoms with Gasteiger partial charge in [-0.15, -0.1) is 0 Å². The van der Waals surface area contributed by atoms with E-state index in [-0.39, 0.29) is 58.1 Å². The molecule has 0 radical (unpaired) electrons. The first-order valence-electron chi connectivity index (χ1n) is 15.1. The van der Waals surface area contributed by atoms with Crippen molar-refractivity contribution in [1.82, 2.24) is 35.4 Å². The van der Waals surface area contributed by atoms with Crippen molar-refractivity contribution in [1.29, 1.82) is 0 Å². The summed E-state index contributed by atoms with van der Waals surface area (Å²) >= 11 is 0. The number of nitrogens with one attached hydrogen (secondary N) is 2. The molecule has 238 valence electrons. The highest BCUT2D eigenvalue weighted by Crippen LogP contribution is 2.45. The predicted octanol–water partition coefficient (Wildman–Crippen LogP) is 5.07. The fourth-order valence-electron chi connectivity index (χ4n) is 7.93. The SMILES string of the molecule is Cc1n[nH]c2ncc(C(F)(F)F)c(-c3c(F)cc4c(N5CC6CCC(C5)N6)nc(OC[C@@]56CCCN5C[C@H](F)C6)nc4c3F)c12. The zero-order valence-corrected chi connectivity index (χ0v) is 24.3. The predicted molar refractivity (Wildman–Crippen MR) is 153 cm³/mol. The van der Waals surface area contributed by atoms with E-state index in [0.717, 1.165) is 38.3 Å². The Labute approximate surface area is 253 Å². The highest BCUT2D eigenvalue weighted by Gasteiger charge is 2.49. The maximum Gasteiger partial charge on any atom is 0.418 e. The Hall–Kier alpha value is -3.72. The summed E-state index contributed by atoms with van der Waals surface area (Å²) in [6.45, 7) is 3.59. The molecule has 3 aromatic heterocycles. The Balaban J connectivity index is 1.31. The second kappa shape index (κ2) is 10.1. The van der Waals surface area contributed by atoms with Gasteiger partial charge in [-0.25, -0.2) is 18.2 Å². The number of aromatic nitrogens is 5. The lowest BCUT2D eigenvalue weighted by Crippen LogP contribution is -2.51. The van der Waals surface area contributed by atoms with Gasteiger partial charge in [0.05, 0.1) is 27.7 Å². The first-order valence-corrected chi connectivity index (χ1v) is 15.1. The standard InChI is InChI=1S/C30H30F6N8O/c1-14-21-22(19(30(34,35)36)9-37-26(21)42-41-14)23-20(32)7-18-25(24(23)33)39-28(40-27(18)43-11-16-3-4-17(12-43)38-16)45-13-29-5-2-6-44(29)10-15(31)8-29/h7,9,15-17,38H,2-6,8,10-13H2,1H3,(H,37,41,42)/t15-,16?,17?,29+/m1/s1. The first-order chi connectivity index (χ1) is 21.5. The van der Waals surface area contributed by atoms with Gasteiger partial charge in [-0.1, -0.05) is 0 Å². The van der Waals surface area contributed by atoms with Gasteiger partial charge in [0.2, 0.25) is 0 Å². The van der Waals surface area contributed by atoms with Crippen molar-refractivity contribution < 1.29 is 31.1 Å². The van der Waals surface area contributed by atoms with E-state index in [9.17, 15) is 17.6 Å². The smallest absolute Gasteiger partial charge is 0.418 e.